The number of benzene rings is 2. The van der Waals surface area contributed by atoms with Crippen molar-refractivity contribution in [1.29, 1.82) is 0 Å². The number of nitrogen functional groups attached to an aromatic ring is 1. The molecular formula is C28H31N3O7. The lowest BCUT2D eigenvalue weighted by molar-refractivity contribution is -0.190. The SMILES string of the molecule is Cc1ccc(-c2ccc(O)c3c2C[C@H]2C[C@H]4[C@H](N(C)C)C(O)=C(C(N)=O)C(=O)[C@@]4(O)C(O)C2C3=O)cc1N. The number of aryl methyl sites for hydroxylation is 1. The Hall–Kier alpha value is -3.73. The monoisotopic (exact) mass is 521 g/mol. The molecular weight excluding hydrogens is 490 g/mol. The van der Waals surface area contributed by atoms with Crippen molar-refractivity contribution < 1.29 is 34.8 Å². The van der Waals surface area contributed by atoms with Gasteiger partial charge in [-0.05, 0) is 74.2 Å². The Balaban J connectivity index is 1.67. The van der Waals surface area contributed by atoms with Crippen LogP contribution >= 0.6 is 0 Å². The van der Waals surface area contributed by atoms with Gasteiger partial charge in [0.15, 0.2) is 11.4 Å². The number of fused-ring (bicyclic) bond motifs is 3. The van der Waals surface area contributed by atoms with E-state index in [-0.39, 0.29) is 24.2 Å². The lowest BCUT2D eigenvalue weighted by atomic mass is 9.53. The van der Waals surface area contributed by atoms with Gasteiger partial charge >= 0.3 is 0 Å². The van der Waals surface area contributed by atoms with E-state index in [0.717, 1.165) is 11.1 Å². The number of aliphatic hydroxyl groups is 3. The van der Waals surface area contributed by atoms with E-state index >= 15 is 0 Å². The molecule has 0 bridgehead atoms. The normalized spacial score (nSPS) is 30.6. The molecule has 1 saturated carbocycles. The van der Waals surface area contributed by atoms with E-state index in [1.807, 2.05) is 19.1 Å². The molecule has 10 heteroatoms. The second-order valence-electron chi connectivity index (χ2n) is 10.9. The fourth-order valence-corrected chi connectivity index (χ4v) is 6.77. The first-order chi connectivity index (χ1) is 17.8. The van der Waals surface area contributed by atoms with Crippen molar-refractivity contribution in [3.8, 4) is 16.9 Å². The maximum atomic E-state index is 13.9. The zero-order valence-electron chi connectivity index (χ0n) is 21.3. The maximum Gasteiger partial charge on any atom is 0.255 e. The molecule has 0 aliphatic heterocycles. The minimum Gasteiger partial charge on any atom is -0.510 e. The topological polar surface area (TPSA) is 187 Å². The molecule has 0 heterocycles. The summed E-state index contributed by atoms with van der Waals surface area (Å²) in [6.45, 7) is 1.88. The summed E-state index contributed by atoms with van der Waals surface area (Å²) in [6, 6.07) is 7.63. The van der Waals surface area contributed by atoms with Gasteiger partial charge in [-0.15, -0.1) is 0 Å². The largest absolute Gasteiger partial charge is 0.510 e. The number of primary amides is 1. The van der Waals surface area contributed by atoms with Crippen molar-refractivity contribution >= 4 is 23.2 Å². The number of aliphatic hydroxyl groups excluding tert-OH is 2. The van der Waals surface area contributed by atoms with Crippen LogP contribution in [-0.4, -0.2) is 74.6 Å². The van der Waals surface area contributed by atoms with Gasteiger partial charge in [0.2, 0.25) is 5.78 Å². The predicted molar refractivity (Wildman–Crippen MR) is 138 cm³/mol. The highest BCUT2D eigenvalue weighted by atomic mass is 16.4. The number of hydrogen-bond donors (Lipinski definition) is 6. The van der Waals surface area contributed by atoms with Gasteiger partial charge in [0.25, 0.3) is 5.91 Å². The van der Waals surface area contributed by atoms with E-state index in [4.69, 9.17) is 11.5 Å². The van der Waals surface area contributed by atoms with Gasteiger partial charge in [-0.1, -0.05) is 18.2 Å². The number of nitrogens with two attached hydrogens (primary N) is 2. The third-order valence-corrected chi connectivity index (χ3v) is 8.63. The Morgan fingerprint density at radius 1 is 1.13 bits per heavy atom. The average Bonchev–Trinajstić information content (AvgIpc) is 2.83. The van der Waals surface area contributed by atoms with Crippen molar-refractivity contribution in [2.75, 3.05) is 19.8 Å². The molecule has 0 radical (unpaired) electrons. The first kappa shape index (κ1) is 25.9. The number of rotatable bonds is 3. The highest BCUT2D eigenvalue weighted by Crippen LogP contribution is 2.53. The Kier molecular flexibility index (Phi) is 5.90. The summed E-state index contributed by atoms with van der Waals surface area (Å²) in [5, 5.41) is 44.8. The van der Waals surface area contributed by atoms with Crippen LogP contribution in [-0.2, 0) is 16.0 Å². The van der Waals surface area contributed by atoms with Gasteiger partial charge in [-0.3, -0.25) is 19.3 Å². The number of phenolic OH excluding ortho intramolecular Hbond substituents is 1. The molecule has 6 atom stereocenters. The van der Waals surface area contributed by atoms with E-state index in [1.54, 1.807) is 31.1 Å². The Labute approximate surface area is 219 Å². The van der Waals surface area contributed by atoms with Gasteiger partial charge in [0.1, 0.15) is 23.2 Å². The molecule has 1 fully saturated rings. The number of ketones is 2. The van der Waals surface area contributed by atoms with Crippen molar-refractivity contribution in [2.24, 2.45) is 23.5 Å². The predicted octanol–water partition coefficient (Wildman–Crippen LogP) is 0.843. The first-order valence-corrected chi connectivity index (χ1v) is 12.4. The van der Waals surface area contributed by atoms with Crippen LogP contribution in [0.1, 0.15) is 27.9 Å². The van der Waals surface area contributed by atoms with E-state index in [9.17, 15) is 34.8 Å². The number of carbonyl (C=O) groups is 3. The number of hydrogen-bond acceptors (Lipinski definition) is 9. The highest BCUT2D eigenvalue weighted by molar-refractivity contribution is 6.23. The molecule has 2 unspecified atom stereocenters. The van der Waals surface area contributed by atoms with Crippen molar-refractivity contribution in [1.82, 2.24) is 4.90 Å². The molecule has 3 aliphatic rings. The summed E-state index contributed by atoms with van der Waals surface area (Å²) in [6.07, 6.45) is -1.56. The lowest BCUT2D eigenvalue weighted by Crippen LogP contribution is -2.71. The smallest absolute Gasteiger partial charge is 0.255 e. The van der Waals surface area contributed by atoms with Crippen LogP contribution in [0.25, 0.3) is 11.1 Å². The molecule has 3 aliphatic carbocycles. The molecule has 10 nitrogen and oxygen atoms in total. The van der Waals surface area contributed by atoms with Crippen LogP contribution in [0.2, 0.25) is 0 Å². The number of amides is 1. The quantitative estimate of drug-likeness (QED) is 0.251. The third-order valence-electron chi connectivity index (χ3n) is 8.63. The number of anilines is 1. The summed E-state index contributed by atoms with van der Waals surface area (Å²) in [7, 11) is 3.21. The molecule has 200 valence electrons. The number of phenols is 1. The first-order valence-electron chi connectivity index (χ1n) is 12.4. The summed E-state index contributed by atoms with van der Waals surface area (Å²) in [5.41, 5.74) is 11.7. The van der Waals surface area contributed by atoms with Crippen LogP contribution in [0, 0.1) is 24.7 Å². The molecule has 1 amide bonds. The molecule has 0 saturated heterocycles. The van der Waals surface area contributed by atoms with E-state index in [2.05, 4.69) is 0 Å². The maximum absolute atomic E-state index is 13.9. The minimum atomic E-state index is -2.54. The fraction of sp³-hybridized carbons (Fsp3) is 0.393. The summed E-state index contributed by atoms with van der Waals surface area (Å²) in [4.78, 5) is 40.9. The zero-order valence-corrected chi connectivity index (χ0v) is 21.3. The second-order valence-corrected chi connectivity index (χ2v) is 10.9. The van der Waals surface area contributed by atoms with Crippen LogP contribution < -0.4 is 11.5 Å². The highest BCUT2D eigenvalue weighted by Gasteiger charge is 2.66. The average molecular weight is 522 g/mol. The van der Waals surface area contributed by atoms with Gasteiger partial charge in [0.05, 0.1) is 17.5 Å². The zero-order chi connectivity index (χ0) is 27.8. The van der Waals surface area contributed by atoms with E-state index in [0.29, 0.717) is 16.8 Å². The van der Waals surface area contributed by atoms with Gasteiger partial charge in [-0.2, -0.15) is 0 Å². The number of nitrogens with zero attached hydrogens (tertiary/aromatic N) is 1. The summed E-state index contributed by atoms with van der Waals surface area (Å²) in [5.74, 6) is -6.68. The molecule has 0 aromatic heterocycles. The van der Waals surface area contributed by atoms with Crippen molar-refractivity contribution in [3.05, 3.63) is 58.4 Å². The molecule has 2 aromatic rings. The van der Waals surface area contributed by atoms with E-state index < -0.39 is 64.3 Å². The number of likely N-dealkylation sites (N-methyl/N-ethyl adjacent to an activating group) is 1. The molecule has 5 rings (SSSR count). The third kappa shape index (κ3) is 3.40. The number of carbonyl (C=O) groups excluding carboxylic acids is 3. The van der Waals surface area contributed by atoms with Crippen LogP contribution in [0.3, 0.4) is 0 Å². The lowest BCUT2D eigenvalue weighted by Gasteiger charge is -2.55. The van der Waals surface area contributed by atoms with E-state index in [1.165, 1.54) is 6.07 Å². The molecule has 0 spiro atoms. The Morgan fingerprint density at radius 3 is 2.42 bits per heavy atom. The summed E-state index contributed by atoms with van der Waals surface area (Å²) >= 11 is 0. The minimum absolute atomic E-state index is 0.0185. The Bertz CT molecular complexity index is 1430. The van der Waals surface area contributed by atoms with Crippen LogP contribution in [0.15, 0.2) is 41.7 Å². The number of Topliss-reactive ketones (excluding diaryl/α,β-unsaturated/α-hetero) is 2. The Morgan fingerprint density at radius 2 is 1.82 bits per heavy atom. The van der Waals surface area contributed by atoms with Crippen molar-refractivity contribution in [3.63, 3.8) is 0 Å². The van der Waals surface area contributed by atoms with Gasteiger partial charge < -0.3 is 31.9 Å². The number of aromatic hydroxyl groups is 1. The molecule has 8 N–H and O–H groups in total. The second kappa shape index (κ2) is 8.65. The van der Waals surface area contributed by atoms with Gasteiger partial charge in [-0.25, -0.2) is 0 Å². The molecule has 38 heavy (non-hydrogen) atoms. The van der Waals surface area contributed by atoms with Crippen LogP contribution in [0.5, 0.6) is 5.75 Å². The van der Waals surface area contributed by atoms with Gasteiger partial charge in [0, 0.05) is 11.6 Å². The van der Waals surface area contributed by atoms with Crippen LogP contribution in [0.4, 0.5) is 5.69 Å². The summed E-state index contributed by atoms with van der Waals surface area (Å²) < 4.78 is 0. The standard InChI is InChI=1S/C28H31N3O7/c1-11-4-5-12(10-17(11)29)14-6-7-18(32)20-15(14)8-13-9-16-22(31(2)3)24(34)21(27(30)37)26(36)28(16,38)25(35)19(13)23(20)33/h4-7,10,13,16,19,22,25,32,34-35,38H,8-9,29H2,1-3H3,(H2,30,37)/t13-,16-,19?,22-,25?,28-/m0/s1. The fourth-order valence-electron chi connectivity index (χ4n) is 6.77. The van der Waals surface area contributed by atoms with Crippen molar-refractivity contribution in [2.45, 2.75) is 37.5 Å². The molecule has 2 aromatic carbocycles.